The number of aromatic nitrogens is 2. The van der Waals surface area contributed by atoms with Gasteiger partial charge < -0.3 is 14.8 Å². The molecule has 1 saturated heterocycles. The summed E-state index contributed by atoms with van der Waals surface area (Å²) in [5, 5.41) is 1.81. The zero-order valence-electron chi connectivity index (χ0n) is 22.2. The minimum absolute atomic E-state index is 0.193. The number of H-pyrrole nitrogens is 1. The number of rotatable bonds is 6. The predicted molar refractivity (Wildman–Crippen MR) is 155 cm³/mol. The van der Waals surface area contributed by atoms with Crippen LogP contribution in [0.25, 0.3) is 22.2 Å². The number of pyridine rings is 1. The number of hydrogen-bond acceptors (Lipinski definition) is 4. The monoisotopic (exact) mass is 527 g/mol. The van der Waals surface area contributed by atoms with Crippen molar-refractivity contribution in [3.8, 4) is 11.1 Å². The van der Waals surface area contributed by atoms with Crippen molar-refractivity contribution in [3.05, 3.63) is 83.6 Å². The van der Waals surface area contributed by atoms with Crippen molar-refractivity contribution in [2.45, 2.75) is 37.8 Å². The van der Waals surface area contributed by atoms with Gasteiger partial charge in [-0.2, -0.15) is 0 Å². The van der Waals surface area contributed by atoms with Crippen LogP contribution in [0.15, 0.2) is 73.1 Å². The van der Waals surface area contributed by atoms with Gasteiger partial charge >= 0.3 is 0 Å². The molecule has 4 aromatic rings. The highest BCUT2D eigenvalue weighted by Gasteiger charge is 2.64. The summed E-state index contributed by atoms with van der Waals surface area (Å²) in [7, 11) is 2.13. The fourth-order valence-electron chi connectivity index (χ4n) is 6.09. The van der Waals surface area contributed by atoms with Crippen LogP contribution >= 0.6 is 11.6 Å². The maximum absolute atomic E-state index is 14.2. The number of halogens is 1. The number of aromatic amines is 1. The van der Waals surface area contributed by atoms with Gasteiger partial charge in [-0.3, -0.25) is 9.69 Å². The fourth-order valence-corrected chi connectivity index (χ4v) is 6.21. The predicted octanol–water partition coefficient (Wildman–Crippen LogP) is 5.58. The summed E-state index contributed by atoms with van der Waals surface area (Å²) in [5.74, 6) is 0.238. The zero-order valence-corrected chi connectivity index (χ0v) is 22.9. The fraction of sp³-hybridized carbons (Fsp3) is 0.355. The number of likely N-dealkylation sites (N-methyl/N-ethyl adjacent to an activating group) is 1. The second kappa shape index (κ2) is 9.75. The van der Waals surface area contributed by atoms with Gasteiger partial charge in [0.25, 0.3) is 0 Å². The minimum atomic E-state index is -0.508. The van der Waals surface area contributed by atoms with Crippen molar-refractivity contribution < 1.29 is 4.79 Å². The van der Waals surface area contributed by atoms with Crippen LogP contribution < -0.4 is 4.90 Å². The lowest BCUT2D eigenvalue weighted by molar-refractivity contribution is -0.134. The summed E-state index contributed by atoms with van der Waals surface area (Å²) in [6.45, 7) is 7.31. The maximum Gasteiger partial charge on any atom is 0.235 e. The summed E-state index contributed by atoms with van der Waals surface area (Å²) in [6, 6.07) is 21.0. The lowest BCUT2D eigenvalue weighted by Crippen LogP contribution is -2.53. The zero-order chi connectivity index (χ0) is 26.4. The minimum Gasteiger partial charge on any atom is -0.367 e. The lowest BCUT2D eigenvalue weighted by atomic mass is 9.92. The maximum atomic E-state index is 14.2. The van der Waals surface area contributed by atoms with E-state index in [2.05, 4.69) is 75.9 Å². The highest BCUT2D eigenvalue weighted by Crippen LogP contribution is 2.53. The molecule has 1 amide bonds. The number of carbonyl (C=O) groups is 1. The molecule has 1 saturated carbocycles. The SMILES string of the molecule is CC(C)N(C)[C@@H]1CC1(C(=O)N1CCN(c2c(-c3ccccc3)cnc3[nH]ccc23)CC1)c1ccc(Cl)cc1. The standard InChI is InChI=1S/C31H34ClN5O/c1-21(2)35(3)27-19-31(27,23-9-11-24(32)12-10-23)30(38)37-17-15-36(16-18-37)28-25-13-14-33-29(25)34-20-26(28)22-7-5-4-6-8-22/h4-14,20-21,27H,15-19H2,1-3H3,(H,33,34)/t27-,31?/m1/s1. The van der Waals surface area contributed by atoms with Crippen molar-refractivity contribution in [2.24, 2.45) is 0 Å². The molecule has 38 heavy (non-hydrogen) atoms. The quantitative estimate of drug-likeness (QED) is 0.355. The van der Waals surface area contributed by atoms with E-state index in [1.54, 1.807) is 0 Å². The van der Waals surface area contributed by atoms with Crippen LogP contribution in [0.1, 0.15) is 25.8 Å². The number of fused-ring (bicyclic) bond motifs is 1. The van der Waals surface area contributed by atoms with E-state index >= 15 is 0 Å². The van der Waals surface area contributed by atoms with Crippen LogP contribution in [0.2, 0.25) is 5.02 Å². The average Bonchev–Trinajstić information content (AvgIpc) is 3.52. The molecule has 7 heteroatoms. The Balaban J connectivity index is 1.28. The molecule has 1 unspecified atom stereocenters. The molecular formula is C31H34ClN5O. The van der Waals surface area contributed by atoms with Crippen LogP contribution in [0, 0.1) is 0 Å². The average molecular weight is 528 g/mol. The Hall–Kier alpha value is -3.35. The van der Waals surface area contributed by atoms with E-state index in [-0.39, 0.29) is 11.9 Å². The van der Waals surface area contributed by atoms with Gasteiger partial charge in [-0.1, -0.05) is 54.1 Å². The van der Waals surface area contributed by atoms with Gasteiger partial charge in [0.15, 0.2) is 0 Å². The highest BCUT2D eigenvalue weighted by atomic mass is 35.5. The third-order valence-electron chi connectivity index (χ3n) is 8.50. The van der Waals surface area contributed by atoms with E-state index in [1.165, 1.54) is 5.69 Å². The second-order valence-corrected chi connectivity index (χ2v) is 11.3. The molecule has 2 aliphatic rings. The Morgan fingerprint density at radius 2 is 1.76 bits per heavy atom. The first-order valence-corrected chi connectivity index (χ1v) is 13.8. The van der Waals surface area contributed by atoms with E-state index in [1.807, 2.05) is 42.7 Å². The smallest absolute Gasteiger partial charge is 0.235 e. The van der Waals surface area contributed by atoms with Gasteiger partial charge in [0.1, 0.15) is 5.65 Å². The molecule has 2 aromatic heterocycles. The van der Waals surface area contributed by atoms with Crippen LogP contribution in [-0.4, -0.2) is 71.0 Å². The summed E-state index contributed by atoms with van der Waals surface area (Å²) >= 11 is 6.21. The molecule has 1 aliphatic carbocycles. The van der Waals surface area contributed by atoms with Gasteiger partial charge in [-0.15, -0.1) is 0 Å². The first kappa shape index (κ1) is 25.0. The largest absolute Gasteiger partial charge is 0.367 e. The number of nitrogens with one attached hydrogen (secondary N) is 1. The third kappa shape index (κ3) is 4.16. The Kier molecular flexibility index (Phi) is 6.40. The number of hydrogen-bond donors (Lipinski definition) is 1. The summed E-state index contributed by atoms with van der Waals surface area (Å²) in [4.78, 5) is 29.0. The molecule has 2 aromatic carbocycles. The van der Waals surface area contributed by atoms with E-state index in [9.17, 15) is 4.79 Å². The van der Waals surface area contributed by atoms with Crippen molar-refractivity contribution in [1.29, 1.82) is 0 Å². The summed E-state index contributed by atoms with van der Waals surface area (Å²) in [6.07, 6.45) is 4.76. The first-order chi connectivity index (χ1) is 18.4. The Bertz CT molecular complexity index is 1440. The van der Waals surface area contributed by atoms with Crippen molar-refractivity contribution >= 4 is 34.2 Å². The molecule has 1 N–H and O–H groups in total. The van der Waals surface area contributed by atoms with Crippen molar-refractivity contribution in [3.63, 3.8) is 0 Å². The molecule has 196 valence electrons. The summed E-state index contributed by atoms with van der Waals surface area (Å²) < 4.78 is 0. The molecule has 6 rings (SSSR count). The number of carbonyl (C=O) groups excluding carboxylic acids is 1. The number of nitrogens with zero attached hydrogens (tertiary/aromatic N) is 4. The number of benzene rings is 2. The van der Waals surface area contributed by atoms with Gasteiger partial charge in [-0.05, 0) is 56.6 Å². The first-order valence-electron chi connectivity index (χ1n) is 13.4. The molecule has 0 radical (unpaired) electrons. The van der Waals surface area contributed by atoms with E-state index in [4.69, 9.17) is 11.6 Å². The molecule has 2 fully saturated rings. The number of piperazine rings is 1. The molecule has 6 nitrogen and oxygen atoms in total. The van der Waals surface area contributed by atoms with Crippen LogP contribution in [-0.2, 0) is 10.2 Å². The van der Waals surface area contributed by atoms with Gasteiger partial charge in [0.05, 0.1) is 11.1 Å². The molecule has 3 heterocycles. The van der Waals surface area contributed by atoms with Crippen LogP contribution in [0.3, 0.4) is 0 Å². The Morgan fingerprint density at radius 3 is 2.45 bits per heavy atom. The van der Waals surface area contributed by atoms with Crippen molar-refractivity contribution in [2.75, 3.05) is 38.1 Å². The molecule has 0 spiro atoms. The van der Waals surface area contributed by atoms with Crippen LogP contribution in [0.4, 0.5) is 5.69 Å². The van der Waals surface area contributed by atoms with Crippen molar-refractivity contribution in [1.82, 2.24) is 19.8 Å². The lowest BCUT2D eigenvalue weighted by Gasteiger charge is -2.39. The Morgan fingerprint density at radius 1 is 1.05 bits per heavy atom. The normalized spacial score (nSPS) is 21.5. The van der Waals surface area contributed by atoms with Gasteiger partial charge in [0, 0.05) is 66.6 Å². The summed E-state index contributed by atoms with van der Waals surface area (Å²) in [5.41, 5.74) is 4.90. The van der Waals surface area contributed by atoms with E-state index in [0.717, 1.165) is 47.2 Å². The molecular weight excluding hydrogens is 494 g/mol. The van der Waals surface area contributed by atoms with Crippen LogP contribution in [0.5, 0.6) is 0 Å². The second-order valence-electron chi connectivity index (χ2n) is 10.9. The van der Waals surface area contributed by atoms with E-state index < -0.39 is 5.41 Å². The highest BCUT2D eigenvalue weighted by molar-refractivity contribution is 6.30. The number of amides is 1. The molecule has 0 bridgehead atoms. The number of anilines is 1. The molecule has 2 atom stereocenters. The Labute approximate surface area is 229 Å². The van der Waals surface area contributed by atoms with Gasteiger partial charge in [0.2, 0.25) is 5.91 Å². The molecule has 1 aliphatic heterocycles. The third-order valence-corrected chi connectivity index (χ3v) is 8.75. The van der Waals surface area contributed by atoms with Gasteiger partial charge in [-0.25, -0.2) is 4.98 Å². The topological polar surface area (TPSA) is 55.5 Å². The van der Waals surface area contributed by atoms with E-state index in [0.29, 0.717) is 24.2 Å².